The van der Waals surface area contributed by atoms with Gasteiger partial charge in [0, 0.05) is 30.7 Å². The lowest BCUT2D eigenvalue weighted by Crippen LogP contribution is -2.68. The summed E-state index contributed by atoms with van der Waals surface area (Å²) in [6.45, 7) is 1.90. The Bertz CT molecular complexity index is 342. The van der Waals surface area contributed by atoms with Crippen LogP contribution in [0.2, 0.25) is 0 Å². The highest BCUT2D eigenvalue weighted by atomic mass is 19.4. The van der Waals surface area contributed by atoms with Crippen molar-refractivity contribution in [1.29, 1.82) is 0 Å². The summed E-state index contributed by atoms with van der Waals surface area (Å²) in [4.78, 5) is 2.20. The predicted octanol–water partition coefficient (Wildman–Crippen LogP) is 3.47. The molecule has 0 atom stereocenters. The van der Waals surface area contributed by atoms with Crippen LogP contribution >= 0.6 is 0 Å². The zero-order valence-corrected chi connectivity index (χ0v) is 12.1. The third kappa shape index (κ3) is 2.84. The first-order chi connectivity index (χ1) is 9.43. The van der Waals surface area contributed by atoms with Gasteiger partial charge in [0.05, 0.1) is 6.42 Å². The number of nitrogens with one attached hydrogen (secondary N) is 1. The lowest BCUT2D eigenvalue weighted by molar-refractivity contribution is -0.144. The van der Waals surface area contributed by atoms with E-state index in [2.05, 4.69) is 10.2 Å². The van der Waals surface area contributed by atoms with Gasteiger partial charge in [-0.25, -0.2) is 0 Å². The van der Waals surface area contributed by atoms with Crippen LogP contribution in [0.5, 0.6) is 0 Å². The summed E-state index contributed by atoms with van der Waals surface area (Å²) < 4.78 is 37.8. The van der Waals surface area contributed by atoms with Crippen LogP contribution in [-0.2, 0) is 0 Å². The number of rotatable bonds is 2. The van der Waals surface area contributed by atoms with Crippen molar-refractivity contribution in [2.45, 2.75) is 75.0 Å². The van der Waals surface area contributed by atoms with Crippen molar-refractivity contribution in [3.05, 3.63) is 0 Å². The van der Waals surface area contributed by atoms with E-state index in [1.54, 1.807) is 0 Å². The number of nitrogens with zero attached hydrogens (tertiary/aromatic N) is 1. The smallest absolute Gasteiger partial charge is 0.308 e. The molecule has 0 aromatic rings. The fraction of sp³-hybridized carbons (Fsp3) is 1.00. The average Bonchev–Trinajstić information content (AvgIpc) is 3.00. The van der Waals surface area contributed by atoms with Gasteiger partial charge in [0.2, 0.25) is 0 Å². The summed E-state index contributed by atoms with van der Waals surface area (Å²) in [5.74, 6) is 0. The van der Waals surface area contributed by atoms with Gasteiger partial charge in [-0.3, -0.25) is 4.90 Å². The van der Waals surface area contributed by atoms with Crippen LogP contribution in [0.25, 0.3) is 0 Å². The van der Waals surface area contributed by atoms with Crippen LogP contribution in [-0.4, -0.2) is 41.8 Å². The normalized spacial score (nSPS) is 29.6. The molecule has 0 bridgehead atoms. The molecule has 116 valence electrons. The lowest BCUT2D eigenvalue weighted by atomic mass is 9.84. The highest BCUT2D eigenvalue weighted by Crippen LogP contribution is 2.43. The Morgan fingerprint density at radius 3 is 2.15 bits per heavy atom. The fourth-order valence-electron chi connectivity index (χ4n) is 4.54. The van der Waals surface area contributed by atoms with Gasteiger partial charge in [0.15, 0.2) is 0 Å². The first-order valence-electron chi connectivity index (χ1n) is 8.00. The Morgan fingerprint density at radius 1 is 0.950 bits per heavy atom. The molecule has 5 heteroatoms. The van der Waals surface area contributed by atoms with E-state index in [9.17, 15) is 13.2 Å². The molecule has 20 heavy (non-hydrogen) atoms. The third-order valence-electron chi connectivity index (χ3n) is 5.72. The second-order valence-corrected chi connectivity index (χ2v) is 7.06. The Hall–Kier alpha value is -0.290. The molecule has 0 amide bonds. The molecule has 0 radical (unpaired) electrons. The van der Waals surface area contributed by atoms with E-state index in [1.807, 2.05) is 0 Å². The molecule has 1 saturated heterocycles. The van der Waals surface area contributed by atoms with Crippen LogP contribution in [0.15, 0.2) is 0 Å². The van der Waals surface area contributed by atoms with Gasteiger partial charge < -0.3 is 5.32 Å². The molecule has 2 saturated carbocycles. The topological polar surface area (TPSA) is 15.3 Å². The number of hydrogen-bond acceptors (Lipinski definition) is 2. The van der Waals surface area contributed by atoms with Gasteiger partial charge in [-0.1, -0.05) is 25.7 Å². The molecular weight excluding hydrogens is 265 g/mol. The van der Waals surface area contributed by atoms with Crippen molar-refractivity contribution in [2.24, 2.45) is 0 Å². The maximum Gasteiger partial charge on any atom is 0.390 e. The zero-order chi connectivity index (χ0) is 14.3. The molecule has 2 aliphatic carbocycles. The minimum absolute atomic E-state index is 0.0130. The summed E-state index contributed by atoms with van der Waals surface area (Å²) >= 11 is 0. The second-order valence-electron chi connectivity index (χ2n) is 7.06. The molecule has 0 aromatic heterocycles. The van der Waals surface area contributed by atoms with E-state index < -0.39 is 12.6 Å². The highest BCUT2D eigenvalue weighted by molar-refractivity contribution is 5.08. The van der Waals surface area contributed by atoms with Crippen LogP contribution in [0.4, 0.5) is 13.2 Å². The fourth-order valence-corrected chi connectivity index (χ4v) is 4.54. The second kappa shape index (κ2) is 5.16. The molecule has 3 rings (SSSR count). The van der Waals surface area contributed by atoms with Gasteiger partial charge in [-0.05, 0) is 25.7 Å². The number of hydrogen-bond donors (Lipinski definition) is 1. The Morgan fingerprint density at radius 2 is 1.55 bits per heavy atom. The standard InChI is InChI=1S/C15H25F3N2/c16-15(17,18)9-10-20-12-13(5-1-2-6-13)19-11-14(20)7-3-4-8-14/h19H,1-12H2. The highest BCUT2D eigenvalue weighted by Gasteiger charge is 2.49. The molecule has 1 N–H and O–H groups in total. The van der Waals surface area contributed by atoms with E-state index in [-0.39, 0.29) is 17.6 Å². The molecule has 3 aliphatic rings. The Kier molecular flexibility index (Phi) is 3.78. The van der Waals surface area contributed by atoms with E-state index in [0.29, 0.717) is 0 Å². The predicted molar refractivity (Wildman–Crippen MR) is 72.6 cm³/mol. The molecule has 2 nitrogen and oxygen atoms in total. The minimum atomic E-state index is -4.03. The van der Waals surface area contributed by atoms with E-state index in [1.165, 1.54) is 12.8 Å². The van der Waals surface area contributed by atoms with Crippen molar-refractivity contribution >= 4 is 0 Å². The number of piperazine rings is 1. The van der Waals surface area contributed by atoms with Crippen molar-refractivity contribution in [2.75, 3.05) is 19.6 Å². The Balaban J connectivity index is 1.72. The summed E-state index contributed by atoms with van der Waals surface area (Å²) in [6.07, 6.45) is 4.45. The Labute approximate surface area is 119 Å². The summed E-state index contributed by atoms with van der Waals surface area (Å²) in [6, 6.07) is 0. The number of alkyl halides is 3. The van der Waals surface area contributed by atoms with Crippen LogP contribution in [0, 0.1) is 0 Å². The van der Waals surface area contributed by atoms with E-state index >= 15 is 0 Å². The largest absolute Gasteiger partial charge is 0.390 e. The lowest BCUT2D eigenvalue weighted by Gasteiger charge is -2.53. The van der Waals surface area contributed by atoms with Gasteiger partial charge in [-0.2, -0.15) is 13.2 Å². The summed E-state index contributed by atoms with van der Waals surface area (Å²) in [7, 11) is 0. The molecule has 1 aliphatic heterocycles. The maximum atomic E-state index is 12.6. The average molecular weight is 290 g/mol. The first kappa shape index (κ1) is 14.6. The van der Waals surface area contributed by atoms with Crippen LogP contribution in [0.1, 0.15) is 57.8 Å². The summed E-state index contributed by atoms with van der Waals surface area (Å²) in [5, 5.41) is 3.73. The van der Waals surface area contributed by atoms with Gasteiger partial charge in [0.25, 0.3) is 0 Å². The van der Waals surface area contributed by atoms with Crippen molar-refractivity contribution in [1.82, 2.24) is 10.2 Å². The van der Waals surface area contributed by atoms with Crippen molar-refractivity contribution < 1.29 is 13.2 Å². The van der Waals surface area contributed by atoms with Gasteiger partial charge in [0.1, 0.15) is 0 Å². The van der Waals surface area contributed by atoms with Gasteiger partial charge >= 0.3 is 6.18 Å². The third-order valence-corrected chi connectivity index (χ3v) is 5.72. The molecule has 1 heterocycles. The van der Waals surface area contributed by atoms with Crippen molar-refractivity contribution in [3.8, 4) is 0 Å². The van der Waals surface area contributed by atoms with Gasteiger partial charge in [-0.15, -0.1) is 0 Å². The molecule has 3 fully saturated rings. The first-order valence-corrected chi connectivity index (χ1v) is 8.00. The molecule has 0 aromatic carbocycles. The molecule has 2 spiro atoms. The van der Waals surface area contributed by atoms with E-state index in [4.69, 9.17) is 0 Å². The zero-order valence-electron chi connectivity index (χ0n) is 12.1. The molecule has 0 unspecified atom stereocenters. The van der Waals surface area contributed by atoms with E-state index in [0.717, 1.165) is 51.6 Å². The minimum Gasteiger partial charge on any atom is -0.308 e. The van der Waals surface area contributed by atoms with Crippen LogP contribution < -0.4 is 5.32 Å². The number of halogens is 3. The monoisotopic (exact) mass is 290 g/mol. The summed E-state index contributed by atoms with van der Waals surface area (Å²) in [5.41, 5.74) is 0.124. The van der Waals surface area contributed by atoms with Crippen molar-refractivity contribution in [3.63, 3.8) is 0 Å². The SMILES string of the molecule is FC(F)(F)CCN1CC2(CCCC2)NCC12CCCC2. The van der Waals surface area contributed by atoms with Crippen LogP contribution in [0.3, 0.4) is 0 Å². The maximum absolute atomic E-state index is 12.6. The quantitative estimate of drug-likeness (QED) is 0.837. The molecular formula is C15H25F3N2.